The zero-order valence-electron chi connectivity index (χ0n) is 13.2. The summed E-state index contributed by atoms with van der Waals surface area (Å²) in [5, 5.41) is 9.52. The molecule has 0 aromatic carbocycles. The second-order valence-electron chi connectivity index (χ2n) is 6.04. The molecule has 5 nitrogen and oxygen atoms in total. The molecule has 0 aliphatic rings. The van der Waals surface area contributed by atoms with E-state index in [-0.39, 0.29) is 0 Å². The number of hydrogen-bond donors (Lipinski definition) is 1. The summed E-state index contributed by atoms with van der Waals surface area (Å²) in [5.74, 6) is -1.03. The summed E-state index contributed by atoms with van der Waals surface area (Å²) in [6, 6.07) is 0. The van der Waals surface area contributed by atoms with Crippen LogP contribution in [0.1, 0.15) is 53.9 Å². The van der Waals surface area contributed by atoms with Gasteiger partial charge in [-0.25, -0.2) is 9.59 Å². The average Bonchev–Trinajstić information content (AvgIpc) is 2.30. The average molecular weight is 285 g/mol. The van der Waals surface area contributed by atoms with Crippen molar-refractivity contribution in [1.29, 1.82) is 0 Å². The van der Waals surface area contributed by atoms with E-state index >= 15 is 0 Å². The van der Waals surface area contributed by atoms with Gasteiger partial charge in [-0.15, -0.1) is 6.58 Å². The highest BCUT2D eigenvalue weighted by Crippen LogP contribution is 2.25. The van der Waals surface area contributed by atoms with Gasteiger partial charge in [0.15, 0.2) is 0 Å². The van der Waals surface area contributed by atoms with Gasteiger partial charge in [0.25, 0.3) is 0 Å². The van der Waals surface area contributed by atoms with Gasteiger partial charge in [0.05, 0.1) is 0 Å². The standard InChI is InChI=1S/C15H27NO4/c1-7-9-10-15(6,12(17)18)16(11-8-2)13(19)20-14(3,4)5/h7H,1,8-11H2,2-6H3,(H,17,18). The van der Waals surface area contributed by atoms with E-state index < -0.39 is 23.2 Å². The number of allylic oxidation sites excluding steroid dienone is 1. The van der Waals surface area contributed by atoms with Crippen LogP contribution in [0.2, 0.25) is 0 Å². The van der Waals surface area contributed by atoms with Crippen molar-refractivity contribution in [1.82, 2.24) is 4.90 Å². The third-order valence-electron chi connectivity index (χ3n) is 2.95. The van der Waals surface area contributed by atoms with Crippen molar-refractivity contribution in [2.75, 3.05) is 6.54 Å². The number of nitrogens with zero attached hydrogens (tertiary/aromatic N) is 1. The van der Waals surface area contributed by atoms with E-state index in [1.807, 2.05) is 6.92 Å². The molecule has 1 amide bonds. The molecule has 0 heterocycles. The first kappa shape index (κ1) is 18.5. The van der Waals surface area contributed by atoms with E-state index in [0.29, 0.717) is 25.8 Å². The van der Waals surface area contributed by atoms with E-state index in [4.69, 9.17) is 4.74 Å². The molecule has 1 atom stereocenters. The lowest BCUT2D eigenvalue weighted by Gasteiger charge is -2.38. The summed E-state index contributed by atoms with van der Waals surface area (Å²) >= 11 is 0. The monoisotopic (exact) mass is 285 g/mol. The van der Waals surface area contributed by atoms with E-state index in [9.17, 15) is 14.7 Å². The van der Waals surface area contributed by atoms with Gasteiger partial charge in [0.2, 0.25) is 0 Å². The molecule has 20 heavy (non-hydrogen) atoms. The van der Waals surface area contributed by atoms with Crippen LogP contribution in [-0.2, 0) is 9.53 Å². The number of ether oxygens (including phenoxy) is 1. The summed E-state index contributed by atoms with van der Waals surface area (Å²) in [6.45, 7) is 12.7. The van der Waals surface area contributed by atoms with Crippen molar-refractivity contribution in [2.24, 2.45) is 0 Å². The number of carbonyl (C=O) groups excluding carboxylic acids is 1. The molecule has 0 aromatic rings. The molecule has 0 radical (unpaired) electrons. The van der Waals surface area contributed by atoms with Crippen molar-refractivity contribution >= 4 is 12.1 Å². The molecular formula is C15H27NO4. The Bertz CT molecular complexity index is 359. The van der Waals surface area contributed by atoms with Crippen LogP contribution in [0.3, 0.4) is 0 Å². The van der Waals surface area contributed by atoms with E-state index in [1.165, 1.54) is 4.90 Å². The Hall–Kier alpha value is -1.52. The Morgan fingerprint density at radius 3 is 2.20 bits per heavy atom. The molecule has 0 rings (SSSR count). The van der Waals surface area contributed by atoms with Gasteiger partial charge in [-0.1, -0.05) is 13.0 Å². The fraction of sp³-hybridized carbons (Fsp3) is 0.733. The molecule has 0 bridgehead atoms. The Labute approximate surface area is 121 Å². The Morgan fingerprint density at radius 2 is 1.85 bits per heavy atom. The number of carboxylic acid groups (broad SMARTS) is 1. The quantitative estimate of drug-likeness (QED) is 0.728. The van der Waals surface area contributed by atoms with Gasteiger partial charge in [-0.3, -0.25) is 4.90 Å². The van der Waals surface area contributed by atoms with Crippen molar-refractivity contribution in [3.63, 3.8) is 0 Å². The van der Waals surface area contributed by atoms with Crippen LogP contribution in [0, 0.1) is 0 Å². The molecule has 0 saturated carbocycles. The molecule has 0 spiro atoms. The number of carbonyl (C=O) groups is 2. The number of aliphatic carboxylic acids is 1. The molecule has 0 fully saturated rings. The minimum absolute atomic E-state index is 0.311. The molecule has 0 aromatic heterocycles. The molecule has 5 heteroatoms. The Kier molecular flexibility index (Phi) is 6.76. The van der Waals surface area contributed by atoms with Crippen LogP contribution < -0.4 is 0 Å². The zero-order valence-corrected chi connectivity index (χ0v) is 13.2. The fourth-order valence-electron chi connectivity index (χ4n) is 1.82. The maximum Gasteiger partial charge on any atom is 0.411 e. The molecule has 1 unspecified atom stereocenters. The van der Waals surface area contributed by atoms with Gasteiger partial charge < -0.3 is 9.84 Å². The third-order valence-corrected chi connectivity index (χ3v) is 2.95. The van der Waals surface area contributed by atoms with Crippen molar-refractivity contribution in [3.8, 4) is 0 Å². The molecule has 0 saturated heterocycles. The number of carboxylic acids is 1. The maximum atomic E-state index is 12.3. The Balaban J connectivity index is 5.32. The van der Waals surface area contributed by atoms with Gasteiger partial charge >= 0.3 is 12.1 Å². The van der Waals surface area contributed by atoms with E-state index in [1.54, 1.807) is 33.8 Å². The largest absolute Gasteiger partial charge is 0.480 e. The second-order valence-corrected chi connectivity index (χ2v) is 6.04. The first-order valence-corrected chi connectivity index (χ1v) is 6.93. The molecule has 1 N–H and O–H groups in total. The Morgan fingerprint density at radius 1 is 1.30 bits per heavy atom. The van der Waals surface area contributed by atoms with Crippen molar-refractivity contribution in [2.45, 2.75) is 65.0 Å². The van der Waals surface area contributed by atoms with Crippen LogP contribution in [0.15, 0.2) is 12.7 Å². The third kappa shape index (κ3) is 5.23. The summed E-state index contributed by atoms with van der Waals surface area (Å²) < 4.78 is 5.33. The maximum absolute atomic E-state index is 12.3. The van der Waals surface area contributed by atoms with Crippen LogP contribution in [0.25, 0.3) is 0 Å². The lowest BCUT2D eigenvalue weighted by atomic mass is 9.93. The number of rotatable bonds is 7. The summed E-state index contributed by atoms with van der Waals surface area (Å²) in [6.07, 6.45) is 2.56. The van der Waals surface area contributed by atoms with Gasteiger partial charge in [-0.05, 0) is 47.0 Å². The SMILES string of the molecule is C=CCCC(C)(C(=O)O)N(CCC)C(=O)OC(C)(C)C. The topological polar surface area (TPSA) is 66.8 Å². The number of hydrogen-bond acceptors (Lipinski definition) is 3. The highest BCUT2D eigenvalue weighted by atomic mass is 16.6. The fourth-order valence-corrected chi connectivity index (χ4v) is 1.82. The van der Waals surface area contributed by atoms with E-state index in [2.05, 4.69) is 6.58 Å². The number of amides is 1. The smallest absolute Gasteiger partial charge is 0.411 e. The van der Waals surface area contributed by atoms with Gasteiger partial charge in [0, 0.05) is 6.54 Å². The molecular weight excluding hydrogens is 258 g/mol. The van der Waals surface area contributed by atoms with Crippen molar-refractivity contribution < 1.29 is 19.4 Å². The normalized spacial score (nSPS) is 14.2. The van der Waals surface area contributed by atoms with Crippen LogP contribution in [0.5, 0.6) is 0 Å². The minimum Gasteiger partial charge on any atom is -0.480 e. The lowest BCUT2D eigenvalue weighted by Crippen LogP contribution is -2.56. The van der Waals surface area contributed by atoms with Gasteiger partial charge in [0.1, 0.15) is 11.1 Å². The first-order chi connectivity index (χ1) is 9.08. The highest BCUT2D eigenvalue weighted by Gasteiger charge is 2.43. The lowest BCUT2D eigenvalue weighted by molar-refractivity contribution is -0.150. The predicted octanol–water partition coefficient (Wildman–Crippen LogP) is 3.44. The van der Waals surface area contributed by atoms with Crippen LogP contribution in [0.4, 0.5) is 4.79 Å². The first-order valence-electron chi connectivity index (χ1n) is 6.93. The molecule has 0 aliphatic heterocycles. The summed E-state index contributed by atoms with van der Waals surface area (Å²) in [7, 11) is 0. The molecule has 116 valence electrons. The van der Waals surface area contributed by atoms with Crippen molar-refractivity contribution in [3.05, 3.63) is 12.7 Å². The second kappa shape index (κ2) is 7.31. The predicted molar refractivity (Wildman–Crippen MR) is 78.7 cm³/mol. The van der Waals surface area contributed by atoms with Gasteiger partial charge in [-0.2, -0.15) is 0 Å². The summed E-state index contributed by atoms with van der Waals surface area (Å²) in [5.41, 5.74) is -1.94. The van der Waals surface area contributed by atoms with E-state index in [0.717, 1.165) is 0 Å². The molecule has 0 aliphatic carbocycles. The minimum atomic E-state index is -1.29. The highest BCUT2D eigenvalue weighted by molar-refractivity contribution is 5.84. The van der Waals surface area contributed by atoms with Crippen LogP contribution in [-0.4, -0.2) is 39.8 Å². The van der Waals surface area contributed by atoms with Crippen LogP contribution >= 0.6 is 0 Å². The zero-order chi connectivity index (χ0) is 16.0. The summed E-state index contributed by atoms with van der Waals surface area (Å²) in [4.78, 5) is 25.2.